The van der Waals surface area contributed by atoms with Crippen LogP contribution in [0.3, 0.4) is 0 Å². The summed E-state index contributed by atoms with van der Waals surface area (Å²) in [6.07, 6.45) is 32.1. The topological polar surface area (TPSA) is 37.3 Å². The number of hydrogen-bond acceptors (Lipinski definition) is 1. The summed E-state index contributed by atoms with van der Waals surface area (Å²) in [6.45, 7) is 2.26. The van der Waals surface area contributed by atoms with Crippen molar-refractivity contribution in [1.29, 1.82) is 0 Å². The third-order valence-corrected chi connectivity index (χ3v) is 4.53. The Morgan fingerprint density at radius 2 is 1.04 bits per heavy atom. The van der Waals surface area contributed by atoms with Crippen LogP contribution in [0.1, 0.15) is 110 Å². The molecule has 2 nitrogen and oxygen atoms in total. The molecule has 0 rings (SSSR count). The highest BCUT2D eigenvalue weighted by atomic mass is 16.4. The van der Waals surface area contributed by atoms with Gasteiger partial charge in [-0.05, 0) is 44.9 Å². The molecule has 0 radical (unpaired) electrons. The van der Waals surface area contributed by atoms with E-state index in [2.05, 4.69) is 43.4 Å². The molecule has 0 aromatic heterocycles. The molecule has 0 amide bonds. The number of hydrogen-bond donors (Lipinski definition) is 1. The van der Waals surface area contributed by atoms with E-state index in [9.17, 15) is 4.79 Å². The molecule has 0 aromatic rings. The first-order valence-electron chi connectivity index (χ1n) is 10.9. The minimum atomic E-state index is -0.669. The Bertz CT molecular complexity index is 380. The minimum absolute atomic E-state index is 0.324. The van der Waals surface area contributed by atoms with Crippen LogP contribution in [0.25, 0.3) is 0 Å². The van der Waals surface area contributed by atoms with Crippen molar-refractivity contribution in [3.63, 3.8) is 0 Å². The van der Waals surface area contributed by atoms with Crippen LogP contribution >= 0.6 is 0 Å². The molecule has 0 aliphatic carbocycles. The summed E-state index contributed by atoms with van der Waals surface area (Å²) >= 11 is 0. The van der Waals surface area contributed by atoms with Gasteiger partial charge in [-0.1, -0.05) is 94.7 Å². The van der Waals surface area contributed by atoms with Crippen LogP contribution in [0.15, 0.2) is 36.5 Å². The zero-order valence-corrected chi connectivity index (χ0v) is 17.1. The van der Waals surface area contributed by atoms with Crippen molar-refractivity contribution in [2.75, 3.05) is 0 Å². The standard InChI is InChI=1S/C24H42O2/c1-2-3-4-5-6-7-8-9-10-11-12-13-14-15-16-17-18-19-20-21-22-23-24(25)26/h8-9,11-12,14-15H,2-7,10,13,16-23H2,1H3,(H,25,26)/b9-8-,12-11-,15-14-. The van der Waals surface area contributed by atoms with Gasteiger partial charge in [-0.3, -0.25) is 4.79 Å². The van der Waals surface area contributed by atoms with Crippen LogP contribution in [0, 0.1) is 0 Å². The largest absolute Gasteiger partial charge is 0.481 e. The normalized spacial score (nSPS) is 12.0. The van der Waals surface area contributed by atoms with E-state index in [-0.39, 0.29) is 0 Å². The molecule has 0 aliphatic heterocycles. The van der Waals surface area contributed by atoms with Crippen molar-refractivity contribution in [1.82, 2.24) is 0 Å². The second-order valence-electron chi connectivity index (χ2n) is 7.14. The highest BCUT2D eigenvalue weighted by Crippen LogP contribution is 2.09. The summed E-state index contributed by atoms with van der Waals surface area (Å²) < 4.78 is 0. The molecule has 0 saturated carbocycles. The maximum atomic E-state index is 10.4. The van der Waals surface area contributed by atoms with E-state index in [1.165, 1.54) is 70.6 Å². The lowest BCUT2D eigenvalue weighted by atomic mass is 10.1. The van der Waals surface area contributed by atoms with E-state index in [1.807, 2.05) is 0 Å². The van der Waals surface area contributed by atoms with Crippen LogP contribution in [-0.4, -0.2) is 11.1 Å². The number of unbranched alkanes of at least 4 members (excludes halogenated alkanes) is 11. The highest BCUT2D eigenvalue weighted by Gasteiger charge is 1.96. The van der Waals surface area contributed by atoms with Gasteiger partial charge >= 0.3 is 5.97 Å². The number of aliphatic carboxylic acids is 1. The number of allylic oxidation sites excluding steroid dienone is 6. The van der Waals surface area contributed by atoms with Crippen molar-refractivity contribution in [3.05, 3.63) is 36.5 Å². The molecule has 0 heterocycles. The molecule has 0 bridgehead atoms. The van der Waals surface area contributed by atoms with Gasteiger partial charge in [0, 0.05) is 6.42 Å². The fraction of sp³-hybridized carbons (Fsp3) is 0.708. The average Bonchev–Trinajstić information content (AvgIpc) is 2.62. The predicted molar refractivity (Wildman–Crippen MR) is 115 cm³/mol. The van der Waals surface area contributed by atoms with Crippen LogP contribution in [0.2, 0.25) is 0 Å². The summed E-state index contributed by atoms with van der Waals surface area (Å²) in [5, 5.41) is 8.56. The van der Waals surface area contributed by atoms with Crippen molar-refractivity contribution >= 4 is 5.97 Å². The fourth-order valence-corrected chi connectivity index (χ4v) is 2.89. The molecule has 150 valence electrons. The molecule has 26 heavy (non-hydrogen) atoms. The van der Waals surface area contributed by atoms with E-state index >= 15 is 0 Å². The van der Waals surface area contributed by atoms with Crippen molar-refractivity contribution in [2.24, 2.45) is 0 Å². The van der Waals surface area contributed by atoms with Gasteiger partial charge in [-0.25, -0.2) is 0 Å². The van der Waals surface area contributed by atoms with Gasteiger partial charge < -0.3 is 5.11 Å². The number of rotatable bonds is 19. The quantitative estimate of drug-likeness (QED) is 0.187. The SMILES string of the molecule is CCCCCCC/C=C\C/C=C\C/C=C\CCCCCCCCC(=O)O. The van der Waals surface area contributed by atoms with Gasteiger partial charge in [0.05, 0.1) is 0 Å². The molecule has 0 aliphatic rings. The van der Waals surface area contributed by atoms with Crippen LogP contribution in [0.5, 0.6) is 0 Å². The van der Waals surface area contributed by atoms with E-state index < -0.39 is 5.97 Å². The molecule has 0 atom stereocenters. The Morgan fingerprint density at radius 1 is 0.615 bits per heavy atom. The van der Waals surface area contributed by atoms with E-state index in [0.29, 0.717) is 6.42 Å². The van der Waals surface area contributed by atoms with Crippen LogP contribution in [0.4, 0.5) is 0 Å². The van der Waals surface area contributed by atoms with Crippen molar-refractivity contribution < 1.29 is 9.90 Å². The van der Waals surface area contributed by atoms with Gasteiger partial charge in [-0.15, -0.1) is 0 Å². The summed E-state index contributed by atoms with van der Waals surface area (Å²) in [4.78, 5) is 10.4. The molecule has 1 N–H and O–H groups in total. The van der Waals surface area contributed by atoms with Crippen molar-refractivity contribution in [2.45, 2.75) is 110 Å². The Labute approximate surface area is 162 Å². The monoisotopic (exact) mass is 362 g/mol. The predicted octanol–water partition coefficient (Wildman–Crippen LogP) is 8.00. The van der Waals surface area contributed by atoms with Crippen LogP contribution in [-0.2, 0) is 4.79 Å². The van der Waals surface area contributed by atoms with Crippen molar-refractivity contribution in [3.8, 4) is 0 Å². The first kappa shape index (κ1) is 24.7. The summed E-state index contributed by atoms with van der Waals surface area (Å²) in [7, 11) is 0. The maximum absolute atomic E-state index is 10.4. The lowest BCUT2D eigenvalue weighted by Crippen LogP contribution is -1.93. The van der Waals surface area contributed by atoms with Gasteiger partial charge in [0.25, 0.3) is 0 Å². The summed E-state index contributed by atoms with van der Waals surface area (Å²) in [5.41, 5.74) is 0. The molecule has 0 saturated heterocycles. The smallest absolute Gasteiger partial charge is 0.303 e. The lowest BCUT2D eigenvalue weighted by Gasteiger charge is -1.99. The third-order valence-electron chi connectivity index (χ3n) is 4.53. The van der Waals surface area contributed by atoms with E-state index in [0.717, 1.165) is 25.7 Å². The maximum Gasteiger partial charge on any atom is 0.303 e. The Kier molecular flexibility index (Phi) is 20.6. The highest BCUT2D eigenvalue weighted by molar-refractivity contribution is 5.66. The molecule has 0 aromatic carbocycles. The Balaban J connectivity index is 3.26. The first-order chi connectivity index (χ1) is 12.8. The first-order valence-corrected chi connectivity index (χ1v) is 10.9. The Hall–Kier alpha value is -1.31. The zero-order chi connectivity index (χ0) is 19.1. The summed E-state index contributed by atoms with van der Waals surface area (Å²) in [5.74, 6) is -0.669. The molecule has 0 unspecified atom stereocenters. The van der Waals surface area contributed by atoms with E-state index in [4.69, 9.17) is 5.11 Å². The molecule has 0 spiro atoms. The van der Waals surface area contributed by atoms with Crippen LogP contribution < -0.4 is 0 Å². The minimum Gasteiger partial charge on any atom is -0.481 e. The number of carboxylic acids is 1. The molecular formula is C24H42O2. The number of carbonyl (C=O) groups is 1. The van der Waals surface area contributed by atoms with Gasteiger partial charge in [0.15, 0.2) is 0 Å². The van der Waals surface area contributed by atoms with E-state index in [1.54, 1.807) is 0 Å². The third kappa shape index (κ3) is 22.7. The Morgan fingerprint density at radius 3 is 1.54 bits per heavy atom. The van der Waals surface area contributed by atoms with Gasteiger partial charge in [0.2, 0.25) is 0 Å². The summed E-state index contributed by atoms with van der Waals surface area (Å²) in [6, 6.07) is 0. The van der Waals surface area contributed by atoms with Gasteiger partial charge in [-0.2, -0.15) is 0 Å². The second kappa shape index (κ2) is 21.7. The molecular weight excluding hydrogens is 320 g/mol. The zero-order valence-electron chi connectivity index (χ0n) is 17.1. The fourth-order valence-electron chi connectivity index (χ4n) is 2.89. The average molecular weight is 363 g/mol. The second-order valence-corrected chi connectivity index (χ2v) is 7.14. The van der Waals surface area contributed by atoms with Gasteiger partial charge in [0.1, 0.15) is 0 Å². The molecule has 0 fully saturated rings. The molecule has 2 heteroatoms. The number of carboxylic acid groups (broad SMARTS) is 1. The lowest BCUT2D eigenvalue weighted by molar-refractivity contribution is -0.137.